The van der Waals surface area contributed by atoms with Gasteiger partial charge in [-0.1, -0.05) is 19.1 Å². The van der Waals surface area contributed by atoms with E-state index >= 15 is 0 Å². The summed E-state index contributed by atoms with van der Waals surface area (Å²) in [6, 6.07) is 14.2. The minimum absolute atomic E-state index is 0.163. The third kappa shape index (κ3) is 4.99. The van der Waals surface area contributed by atoms with Crippen LogP contribution in [0.25, 0.3) is 0 Å². The van der Waals surface area contributed by atoms with Crippen LogP contribution >= 0.6 is 0 Å². The summed E-state index contributed by atoms with van der Waals surface area (Å²) < 4.78 is 32.5. The van der Waals surface area contributed by atoms with Crippen molar-refractivity contribution in [1.82, 2.24) is 4.72 Å². The zero-order chi connectivity index (χ0) is 21.8. The molecule has 0 bridgehead atoms. The minimum atomic E-state index is -3.55. The summed E-state index contributed by atoms with van der Waals surface area (Å²) in [5.74, 6) is 0.115. The van der Waals surface area contributed by atoms with Gasteiger partial charge in [0.05, 0.1) is 16.4 Å². The molecule has 2 aromatic rings. The lowest BCUT2D eigenvalue weighted by Crippen LogP contribution is -2.24. The van der Waals surface area contributed by atoms with Crippen LogP contribution in [0.5, 0.6) is 5.75 Å². The molecule has 0 radical (unpaired) electrons. The number of sulfonamides is 1. The Hall–Kier alpha value is -2.89. The van der Waals surface area contributed by atoms with Gasteiger partial charge < -0.3 is 10.1 Å². The number of carbonyl (C=O) groups is 1. The number of nitrogens with zero attached hydrogens (tertiary/aromatic N) is 1. The number of nitriles is 1. The van der Waals surface area contributed by atoms with E-state index in [1.54, 1.807) is 25.1 Å². The van der Waals surface area contributed by atoms with Crippen LogP contribution in [0.3, 0.4) is 0 Å². The van der Waals surface area contributed by atoms with Crippen molar-refractivity contribution >= 4 is 21.6 Å². The average molecular weight is 428 g/mol. The number of rotatable bonds is 9. The molecule has 0 aromatic heterocycles. The highest BCUT2D eigenvalue weighted by molar-refractivity contribution is 7.89. The molecule has 0 heterocycles. The first-order chi connectivity index (χ1) is 14.3. The quantitative estimate of drug-likeness (QED) is 0.639. The fraction of sp³-hybridized carbons (Fsp3) is 0.364. The van der Waals surface area contributed by atoms with E-state index in [1.165, 1.54) is 12.1 Å². The summed E-state index contributed by atoms with van der Waals surface area (Å²) in [6.07, 6.45) is 2.45. The summed E-state index contributed by atoms with van der Waals surface area (Å²) in [4.78, 5) is 12.4. The third-order valence-electron chi connectivity index (χ3n) is 5.04. The van der Waals surface area contributed by atoms with Gasteiger partial charge in [-0.3, -0.25) is 4.79 Å². The Morgan fingerprint density at radius 2 is 1.90 bits per heavy atom. The number of carbonyl (C=O) groups excluding carboxylic acids is 1. The van der Waals surface area contributed by atoms with E-state index < -0.39 is 10.0 Å². The molecular formula is C22H25N3O4S. The molecular weight excluding hydrogens is 402 g/mol. The Balaban J connectivity index is 1.56. The third-order valence-corrected chi connectivity index (χ3v) is 6.50. The van der Waals surface area contributed by atoms with Crippen molar-refractivity contribution in [2.24, 2.45) is 0 Å². The molecule has 158 valence electrons. The summed E-state index contributed by atoms with van der Waals surface area (Å²) in [5, 5.41) is 12.0. The number of ether oxygens (including phenoxy) is 1. The second kappa shape index (κ2) is 8.86. The van der Waals surface area contributed by atoms with Gasteiger partial charge in [-0.05, 0) is 67.6 Å². The lowest BCUT2D eigenvalue weighted by molar-refractivity contribution is -0.118. The Bertz CT molecular complexity index is 1070. The average Bonchev–Trinajstić information content (AvgIpc) is 3.53. The van der Waals surface area contributed by atoms with E-state index in [2.05, 4.69) is 16.1 Å². The summed E-state index contributed by atoms with van der Waals surface area (Å²) in [6.45, 7) is 3.79. The Morgan fingerprint density at radius 1 is 1.20 bits per heavy atom. The number of aryl methyl sites for hydroxylation is 1. The monoisotopic (exact) mass is 427 g/mol. The molecule has 8 heteroatoms. The number of hydrogen-bond donors (Lipinski definition) is 2. The van der Waals surface area contributed by atoms with Crippen LogP contribution in [-0.2, 0) is 20.2 Å². The molecule has 0 saturated heterocycles. The van der Waals surface area contributed by atoms with Gasteiger partial charge in [0.25, 0.3) is 5.91 Å². The summed E-state index contributed by atoms with van der Waals surface area (Å²) >= 11 is 0. The van der Waals surface area contributed by atoms with Gasteiger partial charge in [-0.25, -0.2) is 13.1 Å². The predicted octanol–water partition coefficient (Wildman–Crippen LogP) is 3.26. The van der Waals surface area contributed by atoms with Gasteiger partial charge in [0.2, 0.25) is 10.0 Å². The van der Waals surface area contributed by atoms with E-state index in [1.807, 2.05) is 19.1 Å². The highest BCUT2D eigenvalue weighted by Crippen LogP contribution is 2.47. The zero-order valence-electron chi connectivity index (χ0n) is 17.1. The standard InChI is InChI=1S/C22H25N3O4S/c1-3-12-24-30(27,28)19-8-9-20(16(2)13-19)29-14-21(26)25-18-6-4-17(5-7-18)22(15-23)10-11-22/h4-9,13,24H,3,10-12,14H2,1-2H3,(H,25,26). The highest BCUT2D eigenvalue weighted by Gasteiger charge is 2.44. The molecule has 0 unspecified atom stereocenters. The molecule has 1 aliphatic rings. The van der Waals surface area contributed by atoms with Crippen molar-refractivity contribution in [3.8, 4) is 11.8 Å². The molecule has 2 N–H and O–H groups in total. The summed E-state index contributed by atoms with van der Waals surface area (Å²) in [5.41, 5.74) is 1.87. The van der Waals surface area contributed by atoms with Crippen LogP contribution in [0.1, 0.15) is 37.3 Å². The smallest absolute Gasteiger partial charge is 0.262 e. The Labute approximate surface area is 177 Å². The van der Waals surface area contributed by atoms with Crippen LogP contribution in [0.2, 0.25) is 0 Å². The molecule has 1 fully saturated rings. The van der Waals surface area contributed by atoms with E-state index in [4.69, 9.17) is 4.74 Å². The maximum absolute atomic E-state index is 12.2. The van der Waals surface area contributed by atoms with Crippen molar-refractivity contribution in [1.29, 1.82) is 5.26 Å². The number of benzene rings is 2. The van der Waals surface area contributed by atoms with Crippen LogP contribution in [0.4, 0.5) is 5.69 Å². The van der Waals surface area contributed by atoms with Gasteiger partial charge in [0.15, 0.2) is 6.61 Å². The summed E-state index contributed by atoms with van der Waals surface area (Å²) in [7, 11) is -3.55. The van der Waals surface area contributed by atoms with Crippen molar-refractivity contribution in [2.75, 3.05) is 18.5 Å². The first-order valence-corrected chi connectivity index (χ1v) is 11.3. The second-order valence-corrected chi connectivity index (χ2v) is 9.20. The van der Waals surface area contributed by atoms with Gasteiger partial charge in [-0.15, -0.1) is 0 Å². The number of hydrogen-bond acceptors (Lipinski definition) is 5. The van der Waals surface area contributed by atoms with Crippen LogP contribution in [0, 0.1) is 18.3 Å². The second-order valence-electron chi connectivity index (χ2n) is 7.43. The number of anilines is 1. The minimum Gasteiger partial charge on any atom is -0.483 e. The zero-order valence-corrected chi connectivity index (χ0v) is 17.9. The van der Waals surface area contributed by atoms with Gasteiger partial charge >= 0.3 is 0 Å². The molecule has 0 spiro atoms. The maximum atomic E-state index is 12.2. The van der Waals surface area contributed by atoms with Crippen LogP contribution in [0.15, 0.2) is 47.4 Å². The van der Waals surface area contributed by atoms with Gasteiger partial charge in [-0.2, -0.15) is 5.26 Å². The molecule has 1 amide bonds. The largest absolute Gasteiger partial charge is 0.483 e. The first-order valence-electron chi connectivity index (χ1n) is 9.84. The van der Waals surface area contributed by atoms with E-state index in [-0.39, 0.29) is 22.8 Å². The fourth-order valence-electron chi connectivity index (χ4n) is 3.07. The van der Waals surface area contributed by atoms with Crippen molar-refractivity contribution in [3.05, 3.63) is 53.6 Å². The van der Waals surface area contributed by atoms with Crippen molar-refractivity contribution < 1.29 is 17.9 Å². The van der Waals surface area contributed by atoms with E-state index in [0.717, 1.165) is 18.4 Å². The van der Waals surface area contributed by atoms with Crippen LogP contribution in [-0.4, -0.2) is 27.5 Å². The number of amides is 1. The van der Waals surface area contributed by atoms with Crippen LogP contribution < -0.4 is 14.8 Å². The Kier molecular flexibility index (Phi) is 6.44. The topological polar surface area (TPSA) is 108 Å². The number of nitrogens with one attached hydrogen (secondary N) is 2. The molecule has 30 heavy (non-hydrogen) atoms. The molecule has 2 aromatic carbocycles. The molecule has 0 aliphatic heterocycles. The van der Waals surface area contributed by atoms with Gasteiger partial charge in [0.1, 0.15) is 5.75 Å². The molecule has 1 aliphatic carbocycles. The highest BCUT2D eigenvalue weighted by atomic mass is 32.2. The van der Waals surface area contributed by atoms with E-state index in [9.17, 15) is 18.5 Å². The molecule has 3 rings (SSSR count). The predicted molar refractivity (Wildman–Crippen MR) is 114 cm³/mol. The molecule has 7 nitrogen and oxygen atoms in total. The van der Waals surface area contributed by atoms with Crippen molar-refractivity contribution in [2.45, 2.75) is 43.4 Å². The molecule has 1 saturated carbocycles. The van der Waals surface area contributed by atoms with Gasteiger partial charge in [0, 0.05) is 12.2 Å². The Morgan fingerprint density at radius 3 is 2.47 bits per heavy atom. The SMILES string of the molecule is CCCNS(=O)(=O)c1ccc(OCC(=O)Nc2ccc(C3(C#N)CC3)cc2)c(C)c1. The van der Waals surface area contributed by atoms with E-state index in [0.29, 0.717) is 30.0 Å². The lowest BCUT2D eigenvalue weighted by Gasteiger charge is -2.12. The fourth-order valence-corrected chi connectivity index (χ4v) is 4.29. The van der Waals surface area contributed by atoms with Crippen molar-refractivity contribution in [3.63, 3.8) is 0 Å². The molecule has 0 atom stereocenters. The maximum Gasteiger partial charge on any atom is 0.262 e. The lowest BCUT2D eigenvalue weighted by atomic mass is 9.98. The first kappa shape index (κ1) is 21.8. The normalized spacial score (nSPS) is 14.6.